The lowest BCUT2D eigenvalue weighted by Crippen LogP contribution is -2.52. The Morgan fingerprint density at radius 2 is 2.16 bits per heavy atom. The maximum Gasteiger partial charge on any atom is 0.234 e. The number of oxime groups is 1. The van der Waals surface area contributed by atoms with Crippen molar-refractivity contribution < 1.29 is 19.3 Å². The first-order chi connectivity index (χ1) is 15.4. The lowest BCUT2D eigenvalue weighted by atomic mass is 9.84. The van der Waals surface area contributed by atoms with Gasteiger partial charge < -0.3 is 24.7 Å². The summed E-state index contributed by atoms with van der Waals surface area (Å²) >= 11 is 0. The van der Waals surface area contributed by atoms with Gasteiger partial charge in [0.25, 0.3) is 0 Å². The molecular weight excluding hydrogens is 408 g/mol. The Hall–Kier alpha value is -2.87. The van der Waals surface area contributed by atoms with Gasteiger partial charge in [-0.2, -0.15) is 0 Å². The van der Waals surface area contributed by atoms with E-state index in [-0.39, 0.29) is 24.4 Å². The first-order valence-electron chi connectivity index (χ1n) is 11.4. The van der Waals surface area contributed by atoms with Crippen LogP contribution in [0.4, 0.5) is 0 Å². The van der Waals surface area contributed by atoms with Crippen molar-refractivity contribution in [2.24, 2.45) is 11.1 Å². The van der Waals surface area contributed by atoms with Crippen LogP contribution in [0.15, 0.2) is 40.0 Å². The summed E-state index contributed by atoms with van der Waals surface area (Å²) in [4.78, 5) is 21.4. The number of benzene rings is 1. The van der Waals surface area contributed by atoms with Crippen LogP contribution in [0.25, 0.3) is 0 Å². The van der Waals surface area contributed by atoms with E-state index in [9.17, 15) is 9.90 Å². The van der Waals surface area contributed by atoms with Crippen molar-refractivity contribution in [2.75, 3.05) is 6.54 Å². The SMILES string of the molecule is Cc1cc([C@@H](C(=O)N2C[C@H](O)C[C@@H]2C2=NOC3(CCCc4ccccc43)N2)C(C)C)on1. The van der Waals surface area contributed by atoms with Gasteiger partial charge in [-0.25, -0.2) is 0 Å². The third kappa shape index (κ3) is 3.46. The number of nitrogens with zero attached hydrogens (tertiary/aromatic N) is 3. The average molecular weight is 439 g/mol. The molecule has 1 fully saturated rings. The zero-order chi connectivity index (χ0) is 22.5. The molecule has 1 spiro atoms. The Bertz CT molecular complexity index is 1050. The van der Waals surface area contributed by atoms with E-state index >= 15 is 0 Å². The standard InChI is InChI=1S/C24H30N4O4/c1-14(2)21(20-11-15(3)26-31-20)23(30)28-13-17(29)12-19(28)22-25-24(32-27-22)10-6-8-16-7-4-5-9-18(16)24/h4-5,7,9,11,14,17,19,21,29H,6,8,10,12-13H2,1-3H3,(H,25,27)/t17-,19-,21+,24?/m1/s1. The summed E-state index contributed by atoms with van der Waals surface area (Å²) in [5.41, 5.74) is 2.39. The molecule has 170 valence electrons. The summed E-state index contributed by atoms with van der Waals surface area (Å²) in [6.45, 7) is 6.08. The number of fused-ring (bicyclic) bond motifs is 2. The fourth-order valence-corrected chi connectivity index (χ4v) is 5.30. The molecule has 2 aliphatic heterocycles. The molecule has 1 unspecified atom stereocenters. The number of aliphatic hydroxyl groups excluding tert-OH is 1. The summed E-state index contributed by atoms with van der Waals surface area (Å²) < 4.78 is 5.45. The van der Waals surface area contributed by atoms with Crippen molar-refractivity contribution in [3.63, 3.8) is 0 Å². The molecule has 0 saturated carbocycles. The zero-order valence-corrected chi connectivity index (χ0v) is 18.7. The predicted molar refractivity (Wildman–Crippen MR) is 118 cm³/mol. The first-order valence-corrected chi connectivity index (χ1v) is 11.4. The number of β-amino-alcohol motifs (C(OH)–C–C–N with tert-alkyl or cyclic N) is 1. The van der Waals surface area contributed by atoms with Gasteiger partial charge in [-0.3, -0.25) is 4.79 Å². The third-order valence-electron chi connectivity index (χ3n) is 6.82. The number of likely N-dealkylation sites (tertiary alicyclic amines) is 1. The first kappa shape index (κ1) is 21.0. The van der Waals surface area contributed by atoms with Crippen molar-refractivity contribution in [1.29, 1.82) is 0 Å². The Morgan fingerprint density at radius 3 is 2.91 bits per heavy atom. The van der Waals surface area contributed by atoms with Crippen molar-refractivity contribution >= 4 is 11.7 Å². The van der Waals surface area contributed by atoms with Gasteiger partial charge in [0.05, 0.1) is 17.8 Å². The number of hydrogen-bond acceptors (Lipinski definition) is 7. The quantitative estimate of drug-likeness (QED) is 0.761. The summed E-state index contributed by atoms with van der Waals surface area (Å²) in [5, 5.41) is 22.4. The van der Waals surface area contributed by atoms with Crippen molar-refractivity contribution in [3.8, 4) is 0 Å². The molecule has 8 heteroatoms. The maximum atomic E-state index is 13.7. The highest BCUT2D eigenvalue weighted by Crippen LogP contribution is 2.40. The summed E-state index contributed by atoms with van der Waals surface area (Å²) in [5.74, 6) is 0.601. The number of amides is 1. The minimum atomic E-state index is -0.702. The van der Waals surface area contributed by atoms with E-state index in [4.69, 9.17) is 9.36 Å². The van der Waals surface area contributed by atoms with Gasteiger partial charge in [-0.1, -0.05) is 48.4 Å². The van der Waals surface area contributed by atoms with Crippen LogP contribution in [0, 0.1) is 12.8 Å². The van der Waals surface area contributed by atoms with Gasteiger partial charge in [0.2, 0.25) is 11.6 Å². The molecule has 5 rings (SSSR count). The smallest absolute Gasteiger partial charge is 0.234 e. The number of carbonyl (C=O) groups is 1. The molecule has 2 N–H and O–H groups in total. The third-order valence-corrected chi connectivity index (χ3v) is 6.82. The highest BCUT2D eigenvalue weighted by molar-refractivity contribution is 5.94. The Balaban J connectivity index is 1.41. The van der Waals surface area contributed by atoms with Crippen LogP contribution in [0.2, 0.25) is 0 Å². The van der Waals surface area contributed by atoms with Crippen LogP contribution < -0.4 is 5.32 Å². The number of rotatable bonds is 4. The van der Waals surface area contributed by atoms with Crippen LogP contribution in [-0.2, 0) is 21.8 Å². The lowest BCUT2D eigenvalue weighted by molar-refractivity contribution is -0.134. The fraction of sp³-hybridized carbons (Fsp3) is 0.542. The summed E-state index contributed by atoms with van der Waals surface area (Å²) in [7, 11) is 0. The maximum absolute atomic E-state index is 13.7. The molecule has 0 bridgehead atoms. The topological polar surface area (TPSA) is 100 Å². The second kappa shape index (κ2) is 7.92. The Morgan fingerprint density at radius 1 is 1.34 bits per heavy atom. The molecule has 3 aliphatic rings. The molecule has 1 aromatic heterocycles. The van der Waals surface area contributed by atoms with E-state index < -0.39 is 17.7 Å². The van der Waals surface area contributed by atoms with Gasteiger partial charge in [-0.05, 0) is 31.2 Å². The molecule has 1 amide bonds. The number of hydrogen-bond donors (Lipinski definition) is 2. The summed E-state index contributed by atoms with van der Waals surface area (Å²) in [6.07, 6.45) is 2.60. The molecule has 1 aliphatic carbocycles. The molecule has 1 aromatic carbocycles. The van der Waals surface area contributed by atoms with E-state index in [2.05, 4.69) is 27.8 Å². The van der Waals surface area contributed by atoms with Gasteiger partial charge in [0, 0.05) is 31.0 Å². The normalized spacial score (nSPS) is 27.8. The lowest BCUT2D eigenvalue weighted by Gasteiger charge is -2.35. The van der Waals surface area contributed by atoms with Crippen LogP contribution in [0.3, 0.4) is 0 Å². The fourth-order valence-electron chi connectivity index (χ4n) is 5.30. The predicted octanol–water partition coefficient (Wildman–Crippen LogP) is 2.81. The Kier molecular flexibility index (Phi) is 5.20. The average Bonchev–Trinajstić information content (AvgIpc) is 3.48. The minimum Gasteiger partial charge on any atom is -0.391 e. The number of carbonyl (C=O) groups excluding carboxylic acids is 1. The Labute approximate surface area is 187 Å². The molecular formula is C24H30N4O4. The highest BCUT2D eigenvalue weighted by Gasteiger charge is 2.49. The molecule has 2 aromatic rings. The van der Waals surface area contributed by atoms with Gasteiger partial charge in [-0.15, -0.1) is 0 Å². The molecule has 4 atom stereocenters. The summed E-state index contributed by atoms with van der Waals surface area (Å²) in [6, 6.07) is 9.69. The molecule has 3 heterocycles. The van der Waals surface area contributed by atoms with Gasteiger partial charge >= 0.3 is 0 Å². The van der Waals surface area contributed by atoms with Gasteiger partial charge in [0.1, 0.15) is 11.7 Å². The van der Waals surface area contributed by atoms with Crippen molar-refractivity contribution in [2.45, 2.75) is 70.2 Å². The largest absolute Gasteiger partial charge is 0.391 e. The molecule has 1 saturated heterocycles. The number of aliphatic hydroxyl groups is 1. The molecule has 8 nitrogen and oxygen atoms in total. The zero-order valence-electron chi connectivity index (χ0n) is 18.7. The van der Waals surface area contributed by atoms with Crippen molar-refractivity contribution in [3.05, 3.63) is 52.9 Å². The number of nitrogens with one attached hydrogen (secondary N) is 1. The van der Waals surface area contributed by atoms with Crippen LogP contribution in [-0.4, -0.2) is 45.6 Å². The van der Waals surface area contributed by atoms with Crippen LogP contribution in [0.1, 0.15) is 61.6 Å². The van der Waals surface area contributed by atoms with E-state index in [1.54, 1.807) is 4.90 Å². The van der Waals surface area contributed by atoms with Crippen LogP contribution >= 0.6 is 0 Å². The van der Waals surface area contributed by atoms with Gasteiger partial charge in [0.15, 0.2) is 5.84 Å². The molecule has 32 heavy (non-hydrogen) atoms. The van der Waals surface area contributed by atoms with Crippen molar-refractivity contribution in [1.82, 2.24) is 15.4 Å². The second-order valence-electron chi connectivity index (χ2n) is 9.52. The minimum absolute atomic E-state index is 0.0135. The number of aromatic nitrogens is 1. The molecule has 0 radical (unpaired) electrons. The van der Waals surface area contributed by atoms with E-state index in [1.165, 1.54) is 5.56 Å². The second-order valence-corrected chi connectivity index (χ2v) is 9.52. The monoisotopic (exact) mass is 438 g/mol. The van der Waals surface area contributed by atoms with Crippen LogP contribution in [0.5, 0.6) is 0 Å². The highest BCUT2D eigenvalue weighted by atomic mass is 16.7. The van der Waals surface area contributed by atoms with E-state index in [0.29, 0.717) is 18.0 Å². The van der Waals surface area contributed by atoms with E-state index in [1.807, 2.05) is 39.0 Å². The van der Waals surface area contributed by atoms with E-state index in [0.717, 1.165) is 30.5 Å². The number of aryl methyl sites for hydroxylation is 2. The number of amidine groups is 1.